The first kappa shape index (κ1) is 23.6. The van der Waals surface area contributed by atoms with E-state index in [2.05, 4.69) is 30.8 Å². The number of aromatic nitrogens is 2. The number of hydrogen-bond donors (Lipinski definition) is 2. The number of aryl methyl sites for hydroxylation is 1. The van der Waals surface area contributed by atoms with Crippen LogP contribution in [0.1, 0.15) is 47.0 Å². The van der Waals surface area contributed by atoms with Gasteiger partial charge in [-0.15, -0.1) is 5.10 Å². The van der Waals surface area contributed by atoms with Gasteiger partial charge in [-0.1, -0.05) is 40.5 Å². The van der Waals surface area contributed by atoms with Crippen molar-refractivity contribution in [3.05, 3.63) is 79.9 Å². The van der Waals surface area contributed by atoms with E-state index >= 15 is 0 Å². The van der Waals surface area contributed by atoms with Crippen LogP contribution in [0.2, 0.25) is 5.02 Å². The lowest BCUT2D eigenvalue weighted by atomic mass is 9.88. The monoisotopic (exact) mass is 531 g/mol. The van der Waals surface area contributed by atoms with Crippen LogP contribution in [0.4, 0.5) is 4.39 Å². The predicted molar refractivity (Wildman–Crippen MR) is 119 cm³/mol. The molecule has 0 bridgehead atoms. The number of nitrogens with zero attached hydrogens (tertiary/aromatic N) is 1. The number of nitrogens with one attached hydrogen (secondary N) is 2. The van der Waals surface area contributed by atoms with Crippen LogP contribution in [-0.2, 0) is 15.4 Å². The van der Waals surface area contributed by atoms with Crippen LogP contribution in [0.25, 0.3) is 0 Å². The second-order valence-corrected chi connectivity index (χ2v) is 9.81. The number of sulfonamides is 1. The third-order valence-corrected chi connectivity index (χ3v) is 7.53. The lowest BCUT2D eigenvalue weighted by Crippen LogP contribution is -2.33. The molecule has 2 atom stereocenters. The summed E-state index contributed by atoms with van der Waals surface area (Å²) in [6.07, 6.45) is 0. The largest absolute Gasteiger partial charge is 0.434 e. The van der Waals surface area contributed by atoms with E-state index in [1.54, 1.807) is 19.9 Å². The number of benzene rings is 2. The van der Waals surface area contributed by atoms with Gasteiger partial charge in [-0.05, 0) is 60.4 Å². The van der Waals surface area contributed by atoms with Crippen molar-refractivity contribution >= 4 is 37.6 Å². The molecule has 2 N–H and O–H groups in total. The number of aromatic amines is 1. The standard InChI is InChI=1S/C20H20BrClFN3O4S/c1-10-4-6-15(23)17(11(10)2)12(3)18(19-24-25-20(27)30-19)26-31(28,29)16-7-5-14(22)8-13(16)9-21/h4-8,12,18,26H,9H2,1-3H3,(H,25,27)/t12-,18+/m1/s1. The molecule has 2 aromatic carbocycles. The molecule has 1 aromatic heterocycles. The number of halogens is 3. The topological polar surface area (TPSA) is 105 Å². The summed E-state index contributed by atoms with van der Waals surface area (Å²) >= 11 is 9.25. The van der Waals surface area contributed by atoms with E-state index in [-0.39, 0.29) is 16.1 Å². The Kier molecular flexibility index (Phi) is 7.04. The molecule has 11 heteroatoms. The van der Waals surface area contributed by atoms with Gasteiger partial charge in [0, 0.05) is 16.3 Å². The van der Waals surface area contributed by atoms with Crippen molar-refractivity contribution in [3.8, 4) is 0 Å². The number of alkyl halides is 1. The smallest absolute Gasteiger partial charge is 0.391 e. The van der Waals surface area contributed by atoms with Crippen LogP contribution < -0.4 is 10.5 Å². The summed E-state index contributed by atoms with van der Waals surface area (Å²) in [6, 6.07) is 6.18. The van der Waals surface area contributed by atoms with Gasteiger partial charge >= 0.3 is 5.76 Å². The van der Waals surface area contributed by atoms with Gasteiger partial charge in [0.05, 0.1) is 4.90 Å². The lowest BCUT2D eigenvalue weighted by molar-refractivity contribution is 0.376. The second kappa shape index (κ2) is 9.23. The van der Waals surface area contributed by atoms with Crippen molar-refractivity contribution in [2.24, 2.45) is 0 Å². The average Bonchev–Trinajstić information content (AvgIpc) is 3.14. The van der Waals surface area contributed by atoms with Crippen molar-refractivity contribution in [1.29, 1.82) is 0 Å². The Morgan fingerprint density at radius 3 is 2.61 bits per heavy atom. The molecule has 0 saturated carbocycles. The normalized spacial score (nSPS) is 13.9. The minimum atomic E-state index is -4.12. The summed E-state index contributed by atoms with van der Waals surface area (Å²) in [5.74, 6) is -2.29. The summed E-state index contributed by atoms with van der Waals surface area (Å²) in [6.45, 7) is 5.22. The van der Waals surface area contributed by atoms with Gasteiger partial charge in [0.1, 0.15) is 11.9 Å². The van der Waals surface area contributed by atoms with Crippen LogP contribution >= 0.6 is 27.5 Å². The maximum atomic E-state index is 14.8. The molecule has 166 valence electrons. The SMILES string of the molecule is Cc1ccc(F)c([C@@H](C)[C@H](NS(=O)(=O)c2ccc(Cl)cc2CBr)c2n[nH]c(=O)o2)c1C. The van der Waals surface area contributed by atoms with Crippen LogP contribution in [0.5, 0.6) is 0 Å². The van der Waals surface area contributed by atoms with E-state index in [4.69, 9.17) is 16.0 Å². The van der Waals surface area contributed by atoms with E-state index in [0.717, 1.165) is 5.56 Å². The molecule has 7 nitrogen and oxygen atoms in total. The van der Waals surface area contributed by atoms with E-state index in [0.29, 0.717) is 21.7 Å². The van der Waals surface area contributed by atoms with E-state index in [9.17, 15) is 17.6 Å². The van der Waals surface area contributed by atoms with Crippen LogP contribution in [-0.4, -0.2) is 18.6 Å². The zero-order valence-corrected chi connectivity index (χ0v) is 20.0. The first-order valence-electron chi connectivity index (χ1n) is 9.23. The molecule has 0 amide bonds. The summed E-state index contributed by atoms with van der Waals surface area (Å²) in [5.41, 5.74) is 2.25. The second-order valence-electron chi connectivity index (χ2n) is 7.13. The predicted octanol–water partition coefficient (Wildman–Crippen LogP) is 4.49. The molecule has 1 heterocycles. The van der Waals surface area contributed by atoms with Gasteiger partial charge in [-0.3, -0.25) is 0 Å². The molecule has 0 aliphatic rings. The van der Waals surface area contributed by atoms with E-state index in [1.165, 1.54) is 24.3 Å². The summed E-state index contributed by atoms with van der Waals surface area (Å²) in [7, 11) is -4.12. The average molecular weight is 533 g/mol. The van der Waals surface area contributed by atoms with Gasteiger partial charge < -0.3 is 4.42 Å². The number of rotatable bonds is 7. The van der Waals surface area contributed by atoms with Gasteiger partial charge in [-0.25, -0.2) is 22.7 Å². The Morgan fingerprint density at radius 2 is 2.00 bits per heavy atom. The molecule has 3 aromatic rings. The third-order valence-electron chi connectivity index (χ3n) is 5.15. The lowest BCUT2D eigenvalue weighted by Gasteiger charge is -2.25. The maximum Gasteiger partial charge on any atom is 0.434 e. The van der Waals surface area contributed by atoms with Crippen molar-refractivity contribution in [2.45, 2.75) is 43.0 Å². The van der Waals surface area contributed by atoms with E-state index in [1.807, 2.05) is 6.92 Å². The molecule has 0 unspecified atom stereocenters. The molecule has 0 spiro atoms. The van der Waals surface area contributed by atoms with Crippen LogP contribution in [0.3, 0.4) is 0 Å². The molecule has 0 fully saturated rings. The van der Waals surface area contributed by atoms with Crippen molar-refractivity contribution in [1.82, 2.24) is 14.9 Å². The minimum absolute atomic E-state index is 0.00899. The van der Waals surface area contributed by atoms with Gasteiger partial charge in [0.25, 0.3) is 0 Å². The summed E-state index contributed by atoms with van der Waals surface area (Å²) < 4.78 is 48.9. The van der Waals surface area contributed by atoms with Crippen LogP contribution in [0, 0.1) is 19.7 Å². The van der Waals surface area contributed by atoms with Gasteiger partial charge in [0.2, 0.25) is 15.9 Å². The number of H-pyrrole nitrogens is 1. The number of hydrogen-bond acceptors (Lipinski definition) is 5. The van der Waals surface area contributed by atoms with Gasteiger partial charge in [0.15, 0.2) is 0 Å². The fraction of sp³-hybridized carbons (Fsp3) is 0.300. The van der Waals surface area contributed by atoms with E-state index < -0.39 is 33.6 Å². The molecule has 0 saturated heterocycles. The first-order valence-corrected chi connectivity index (χ1v) is 12.2. The zero-order chi connectivity index (χ0) is 22.9. The van der Waals surface area contributed by atoms with Crippen molar-refractivity contribution in [2.75, 3.05) is 0 Å². The molecule has 3 rings (SSSR count). The zero-order valence-electron chi connectivity index (χ0n) is 16.9. The third kappa shape index (κ3) is 4.92. The van der Waals surface area contributed by atoms with Gasteiger partial charge in [-0.2, -0.15) is 4.72 Å². The highest BCUT2D eigenvalue weighted by Gasteiger charge is 2.34. The van der Waals surface area contributed by atoms with Crippen molar-refractivity contribution in [3.63, 3.8) is 0 Å². The molecule has 0 aliphatic carbocycles. The molecular weight excluding hydrogens is 513 g/mol. The Morgan fingerprint density at radius 1 is 1.29 bits per heavy atom. The Balaban J connectivity index is 2.12. The highest BCUT2D eigenvalue weighted by Crippen LogP contribution is 2.35. The fourth-order valence-corrected chi connectivity index (χ4v) is 5.75. The molecule has 0 radical (unpaired) electrons. The summed E-state index contributed by atoms with van der Waals surface area (Å²) in [5, 5.41) is 6.55. The van der Waals surface area contributed by atoms with Crippen molar-refractivity contribution < 1.29 is 17.2 Å². The molecular formula is C20H20BrClFN3O4S. The first-order chi connectivity index (χ1) is 14.5. The Bertz CT molecular complexity index is 1280. The quantitative estimate of drug-likeness (QED) is 0.436. The maximum absolute atomic E-state index is 14.8. The fourth-order valence-electron chi connectivity index (χ4n) is 3.42. The highest BCUT2D eigenvalue weighted by atomic mass is 79.9. The Labute approximate surface area is 192 Å². The minimum Gasteiger partial charge on any atom is -0.391 e. The molecule has 31 heavy (non-hydrogen) atoms. The summed E-state index contributed by atoms with van der Waals surface area (Å²) in [4.78, 5) is 11.5. The molecule has 0 aliphatic heterocycles. The van der Waals surface area contributed by atoms with Crippen LogP contribution in [0.15, 0.2) is 44.4 Å². The highest BCUT2D eigenvalue weighted by molar-refractivity contribution is 9.08. The Hall–Kier alpha value is -2.01.